The first-order chi connectivity index (χ1) is 15.1. The number of ether oxygens (including phenoxy) is 2. The van der Waals surface area contributed by atoms with Crippen LogP contribution in [0.25, 0.3) is 22.4 Å². The SMILES string of the molecule is COc1ccc(-c2nn(Cc3ccccc3)c(=O)cc2-c2ccc(OC)c(F)c2)cc1. The molecule has 1 aromatic heterocycles. The van der Waals surface area contributed by atoms with Crippen molar-refractivity contribution in [1.29, 1.82) is 0 Å². The number of hydrogen-bond acceptors (Lipinski definition) is 4. The maximum Gasteiger partial charge on any atom is 0.267 e. The van der Waals surface area contributed by atoms with Crippen molar-refractivity contribution in [3.05, 3.63) is 101 Å². The molecule has 31 heavy (non-hydrogen) atoms. The Morgan fingerprint density at radius 3 is 2.23 bits per heavy atom. The molecule has 1 heterocycles. The molecule has 0 amide bonds. The van der Waals surface area contributed by atoms with E-state index in [1.165, 1.54) is 30.0 Å². The van der Waals surface area contributed by atoms with Crippen LogP contribution in [0.3, 0.4) is 0 Å². The Balaban J connectivity index is 1.87. The predicted molar refractivity (Wildman–Crippen MR) is 118 cm³/mol. The van der Waals surface area contributed by atoms with Crippen molar-refractivity contribution in [2.45, 2.75) is 6.54 Å². The van der Waals surface area contributed by atoms with E-state index in [2.05, 4.69) is 5.10 Å². The molecule has 0 saturated carbocycles. The number of methoxy groups -OCH3 is 2. The van der Waals surface area contributed by atoms with Gasteiger partial charge in [0.2, 0.25) is 0 Å². The normalized spacial score (nSPS) is 10.7. The quantitative estimate of drug-likeness (QED) is 0.454. The Kier molecular flexibility index (Phi) is 5.80. The smallest absolute Gasteiger partial charge is 0.267 e. The Labute approximate surface area is 179 Å². The van der Waals surface area contributed by atoms with Gasteiger partial charge in [-0.15, -0.1) is 0 Å². The average Bonchev–Trinajstić information content (AvgIpc) is 2.81. The van der Waals surface area contributed by atoms with E-state index in [0.717, 1.165) is 11.1 Å². The zero-order valence-electron chi connectivity index (χ0n) is 17.2. The largest absolute Gasteiger partial charge is 0.497 e. The van der Waals surface area contributed by atoms with E-state index in [0.29, 0.717) is 29.1 Å². The molecule has 0 saturated heterocycles. The summed E-state index contributed by atoms with van der Waals surface area (Å²) in [4.78, 5) is 12.9. The fraction of sp³-hybridized carbons (Fsp3) is 0.120. The van der Waals surface area contributed by atoms with Gasteiger partial charge in [0, 0.05) is 17.2 Å². The summed E-state index contributed by atoms with van der Waals surface area (Å²) in [6.45, 7) is 0.333. The van der Waals surface area contributed by atoms with Gasteiger partial charge in [-0.1, -0.05) is 36.4 Å². The van der Waals surface area contributed by atoms with E-state index in [1.54, 1.807) is 13.2 Å². The number of halogens is 1. The maximum absolute atomic E-state index is 14.4. The van der Waals surface area contributed by atoms with E-state index in [1.807, 2.05) is 54.6 Å². The molecule has 0 radical (unpaired) electrons. The molecule has 4 aromatic rings. The van der Waals surface area contributed by atoms with Crippen LogP contribution in [0.15, 0.2) is 83.7 Å². The minimum Gasteiger partial charge on any atom is -0.497 e. The molecule has 0 spiro atoms. The molecule has 6 heteroatoms. The molecule has 0 unspecified atom stereocenters. The molecule has 0 atom stereocenters. The van der Waals surface area contributed by atoms with E-state index < -0.39 is 5.82 Å². The molecule has 0 aliphatic heterocycles. The lowest BCUT2D eigenvalue weighted by molar-refractivity contribution is 0.386. The van der Waals surface area contributed by atoms with Crippen LogP contribution in [-0.4, -0.2) is 24.0 Å². The Bertz CT molecular complexity index is 1250. The topological polar surface area (TPSA) is 53.4 Å². The van der Waals surface area contributed by atoms with Crippen molar-refractivity contribution in [3.8, 4) is 33.9 Å². The van der Waals surface area contributed by atoms with Gasteiger partial charge in [0.1, 0.15) is 5.75 Å². The highest BCUT2D eigenvalue weighted by atomic mass is 19.1. The standard InChI is InChI=1S/C25H21FN2O3/c1-30-20-11-8-18(9-12-20)25-21(19-10-13-23(31-2)22(26)14-19)15-24(29)28(27-25)16-17-6-4-3-5-7-17/h3-15H,16H2,1-2H3. The van der Waals surface area contributed by atoms with Gasteiger partial charge in [0.05, 0.1) is 26.5 Å². The first-order valence-corrected chi connectivity index (χ1v) is 9.73. The van der Waals surface area contributed by atoms with E-state index in [-0.39, 0.29) is 11.3 Å². The van der Waals surface area contributed by atoms with Crippen molar-refractivity contribution in [3.63, 3.8) is 0 Å². The second-order valence-electron chi connectivity index (χ2n) is 6.97. The Morgan fingerprint density at radius 1 is 0.871 bits per heavy atom. The molecule has 0 aliphatic carbocycles. The monoisotopic (exact) mass is 416 g/mol. The molecular formula is C25H21FN2O3. The Morgan fingerprint density at radius 2 is 1.58 bits per heavy atom. The number of nitrogens with zero attached hydrogens (tertiary/aromatic N) is 2. The van der Waals surface area contributed by atoms with E-state index in [9.17, 15) is 9.18 Å². The van der Waals surface area contributed by atoms with Crippen LogP contribution in [0, 0.1) is 5.82 Å². The second-order valence-corrected chi connectivity index (χ2v) is 6.97. The maximum atomic E-state index is 14.4. The highest BCUT2D eigenvalue weighted by Crippen LogP contribution is 2.32. The fourth-order valence-corrected chi connectivity index (χ4v) is 3.38. The molecule has 0 bridgehead atoms. The number of aromatic nitrogens is 2. The van der Waals surface area contributed by atoms with Crippen LogP contribution >= 0.6 is 0 Å². The summed E-state index contributed by atoms with van der Waals surface area (Å²) in [5, 5.41) is 4.65. The van der Waals surface area contributed by atoms with Crippen molar-refractivity contribution in [2.24, 2.45) is 0 Å². The van der Waals surface area contributed by atoms with E-state index >= 15 is 0 Å². The fourth-order valence-electron chi connectivity index (χ4n) is 3.38. The van der Waals surface area contributed by atoms with Crippen LogP contribution in [0.4, 0.5) is 4.39 Å². The van der Waals surface area contributed by atoms with Crippen LogP contribution in [-0.2, 0) is 6.54 Å². The minimum atomic E-state index is -0.505. The van der Waals surface area contributed by atoms with Crippen LogP contribution in [0.2, 0.25) is 0 Å². The van der Waals surface area contributed by atoms with Gasteiger partial charge in [-0.3, -0.25) is 4.79 Å². The van der Waals surface area contributed by atoms with Gasteiger partial charge < -0.3 is 9.47 Å². The first-order valence-electron chi connectivity index (χ1n) is 9.73. The zero-order valence-corrected chi connectivity index (χ0v) is 17.2. The highest BCUT2D eigenvalue weighted by molar-refractivity contribution is 5.80. The second kappa shape index (κ2) is 8.83. The lowest BCUT2D eigenvalue weighted by atomic mass is 9.99. The molecule has 0 aliphatic rings. The van der Waals surface area contributed by atoms with Crippen LogP contribution < -0.4 is 15.0 Å². The number of rotatable bonds is 6. The highest BCUT2D eigenvalue weighted by Gasteiger charge is 2.15. The lowest BCUT2D eigenvalue weighted by Gasteiger charge is -2.14. The van der Waals surface area contributed by atoms with Gasteiger partial charge in [0.25, 0.3) is 5.56 Å². The van der Waals surface area contributed by atoms with Crippen molar-refractivity contribution in [1.82, 2.24) is 9.78 Å². The van der Waals surface area contributed by atoms with Crippen molar-refractivity contribution in [2.75, 3.05) is 14.2 Å². The predicted octanol–water partition coefficient (Wildman–Crippen LogP) is 4.78. The summed E-state index contributed by atoms with van der Waals surface area (Å²) in [5.41, 5.74) is 3.13. The molecular weight excluding hydrogens is 395 g/mol. The van der Waals surface area contributed by atoms with Gasteiger partial charge >= 0.3 is 0 Å². The van der Waals surface area contributed by atoms with Crippen LogP contribution in [0.5, 0.6) is 11.5 Å². The third-order valence-corrected chi connectivity index (χ3v) is 5.00. The first kappa shape index (κ1) is 20.3. The third kappa shape index (κ3) is 4.33. The summed E-state index contributed by atoms with van der Waals surface area (Å²) < 4.78 is 26.1. The molecule has 0 fully saturated rings. The number of benzene rings is 3. The molecule has 3 aromatic carbocycles. The molecule has 156 valence electrons. The van der Waals surface area contributed by atoms with Gasteiger partial charge in [-0.2, -0.15) is 5.10 Å². The number of hydrogen-bond donors (Lipinski definition) is 0. The zero-order chi connectivity index (χ0) is 21.8. The molecule has 0 N–H and O–H groups in total. The Hall–Kier alpha value is -3.93. The van der Waals surface area contributed by atoms with Gasteiger partial charge in [-0.05, 0) is 47.5 Å². The van der Waals surface area contributed by atoms with E-state index in [4.69, 9.17) is 9.47 Å². The average molecular weight is 416 g/mol. The third-order valence-electron chi connectivity index (χ3n) is 5.00. The molecule has 5 nitrogen and oxygen atoms in total. The summed E-state index contributed by atoms with van der Waals surface area (Å²) in [5.74, 6) is 0.340. The minimum absolute atomic E-state index is 0.139. The summed E-state index contributed by atoms with van der Waals surface area (Å²) >= 11 is 0. The van der Waals surface area contributed by atoms with Crippen LogP contribution in [0.1, 0.15) is 5.56 Å². The molecule has 4 rings (SSSR count). The van der Waals surface area contributed by atoms with Gasteiger partial charge in [-0.25, -0.2) is 9.07 Å². The van der Waals surface area contributed by atoms with Gasteiger partial charge in [0.15, 0.2) is 11.6 Å². The van der Waals surface area contributed by atoms with Crippen molar-refractivity contribution < 1.29 is 13.9 Å². The lowest BCUT2D eigenvalue weighted by Crippen LogP contribution is -2.23. The van der Waals surface area contributed by atoms with Crippen molar-refractivity contribution >= 4 is 0 Å². The summed E-state index contributed by atoms with van der Waals surface area (Å²) in [6.07, 6.45) is 0. The summed E-state index contributed by atoms with van der Waals surface area (Å²) in [7, 11) is 3.01. The summed E-state index contributed by atoms with van der Waals surface area (Å²) in [6, 6.07) is 23.1.